The fraction of sp³-hybridized carbons (Fsp3) is 0. The van der Waals surface area contributed by atoms with E-state index in [0.29, 0.717) is 4.73 Å². The monoisotopic (exact) mass is 110 g/mol. The molecule has 0 aliphatic carbocycles. The van der Waals surface area contributed by atoms with E-state index in [9.17, 15) is 5.21 Å². The average Bonchev–Trinajstić information content (AvgIpc) is 2.14. The van der Waals surface area contributed by atoms with E-state index in [1.807, 2.05) is 0 Å². The maximum atomic E-state index is 10.3. The van der Waals surface area contributed by atoms with Crippen LogP contribution in [-0.4, -0.2) is 4.57 Å². The van der Waals surface area contributed by atoms with E-state index >= 15 is 0 Å². The molecule has 0 saturated heterocycles. The molecule has 3 nitrogen and oxygen atoms in total. The van der Waals surface area contributed by atoms with Crippen LogP contribution >= 0.6 is 0 Å². The molecule has 0 aromatic carbocycles. The van der Waals surface area contributed by atoms with Crippen molar-refractivity contribution in [2.45, 2.75) is 0 Å². The van der Waals surface area contributed by atoms with Crippen LogP contribution in [0.2, 0.25) is 0 Å². The molecule has 0 aliphatic rings. The minimum Gasteiger partial charge on any atom is -0.711 e. The van der Waals surface area contributed by atoms with Crippen LogP contribution in [0.4, 0.5) is 0 Å². The first kappa shape index (κ1) is 4.90. The van der Waals surface area contributed by atoms with Gasteiger partial charge in [0.1, 0.15) is 12.4 Å². The lowest BCUT2D eigenvalue weighted by molar-refractivity contribution is -0.604. The Hall–Kier alpha value is -1.25. The molecule has 1 rings (SSSR count). The third-order valence-corrected chi connectivity index (χ3v) is 0.844. The summed E-state index contributed by atoms with van der Waals surface area (Å²) in [4.78, 5) is 0. The summed E-state index contributed by atoms with van der Waals surface area (Å²) in [6, 6.07) is 0. The van der Waals surface area contributed by atoms with Gasteiger partial charge in [0.2, 0.25) is 0 Å². The smallest absolute Gasteiger partial charge is 0.251 e. The minimum atomic E-state index is 0.710. The Bertz CT molecular complexity index is 192. The zero-order valence-corrected chi connectivity index (χ0v) is 4.32. The van der Waals surface area contributed by atoms with Gasteiger partial charge in [-0.2, -0.15) is 0 Å². The molecule has 0 N–H and O–H groups in total. The Labute approximate surface area is 47.1 Å². The average molecular weight is 110 g/mol. The largest absolute Gasteiger partial charge is 0.711 e. The van der Waals surface area contributed by atoms with Crippen LogP contribution in [0.5, 0.6) is 0 Å². The summed E-state index contributed by atoms with van der Waals surface area (Å²) in [6.07, 6.45) is 5.96. The van der Waals surface area contributed by atoms with Crippen molar-refractivity contribution in [2.75, 3.05) is 0 Å². The Balaban J connectivity index is 3.00. The number of hydrogen-bond donors (Lipinski definition) is 0. The van der Waals surface area contributed by atoms with Gasteiger partial charge < -0.3 is 5.21 Å². The van der Waals surface area contributed by atoms with Crippen molar-refractivity contribution >= 4 is 6.20 Å². The summed E-state index contributed by atoms with van der Waals surface area (Å²) in [5.41, 5.74) is 0. The first-order valence-corrected chi connectivity index (χ1v) is 2.22. The predicted molar refractivity (Wildman–Crippen MR) is 29.8 cm³/mol. The zero-order valence-electron chi connectivity index (χ0n) is 4.32. The number of nitrogens with zero attached hydrogens (tertiary/aromatic N) is 2. The molecule has 0 unspecified atom stereocenters. The van der Waals surface area contributed by atoms with Crippen molar-refractivity contribution in [3.8, 4) is 0 Å². The van der Waals surface area contributed by atoms with Crippen molar-refractivity contribution in [2.24, 2.45) is 0 Å². The van der Waals surface area contributed by atoms with Gasteiger partial charge in [0.25, 0.3) is 6.33 Å². The standard InChI is InChI=1S/C5H6N2O/c1-2-6-3-4-7(8)5-6/h2-5H,1H2. The first-order chi connectivity index (χ1) is 3.83. The quantitative estimate of drug-likeness (QED) is 0.376. The predicted octanol–water partition coefficient (Wildman–Crippen LogP) is 0.222. The van der Waals surface area contributed by atoms with E-state index in [0.717, 1.165) is 0 Å². The molecule has 42 valence electrons. The third-order valence-electron chi connectivity index (χ3n) is 0.844. The Morgan fingerprint density at radius 2 is 2.50 bits per heavy atom. The molecule has 1 heterocycles. The molecule has 0 atom stereocenters. The molecule has 0 saturated carbocycles. The summed E-state index contributed by atoms with van der Waals surface area (Å²) in [7, 11) is 0. The van der Waals surface area contributed by atoms with Gasteiger partial charge in [0.15, 0.2) is 0 Å². The lowest BCUT2D eigenvalue weighted by Crippen LogP contribution is -2.20. The van der Waals surface area contributed by atoms with Crippen LogP contribution < -0.4 is 4.73 Å². The molecule has 0 fully saturated rings. The van der Waals surface area contributed by atoms with Crippen molar-refractivity contribution in [1.29, 1.82) is 0 Å². The fourth-order valence-corrected chi connectivity index (χ4v) is 0.459. The first-order valence-electron chi connectivity index (χ1n) is 2.22. The molecule has 0 aliphatic heterocycles. The Kier molecular flexibility index (Phi) is 1.04. The minimum absolute atomic E-state index is 0.710. The van der Waals surface area contributed by atoms with Gasteiger partial charge in [-0.25, -0.2) is 9.30 Å². The van der Waals surface area contributed by atoms with Gasteiger partial charge in [0, 0.05) is 0 Å². The number of imidazole rings is 1. The maximum Gasteiger partial charge on any atom is 0.251 e. The molecule has 8 heavy (non-hydrogen) atoms. The molecule has 3 heteroatoms. The summed E-state index contributed by atoms with van der Waals surface area (Å²) in [5, 5.41) is 10.3. The summed E-state index contributed by atoms with van der Waals surface area (Å²) < 4.78 is 2.29. The van der Waals surface area contributed by atoms with Gasteiger partial charge in [0.05, 0.1) is 6.20 Å². The summed E-state index contributed by atoms with van der Waals surface area (Å²) >= 11 is 0. The third kappa shape index (κ3) is 0.703. The Morgan fingerprint density at radius 3 is 2.75 bits per heavy atom. The highest BCUT2D eigenvalue weighted by atomic mass is 16.5. The lowest BCUT2D eigenvalue weighted by Gasteiger charge is -1.87. The maximum absolute atomic E-state index is 10.3. The number of aromatic nitrogens is 2. The fourth-order valence-electron chi connectivity index (χ4n) is 0.459. The van der Waals surface area contributed by atoms with Crippen LogP contribution in [-0.2, 0) is 0 Å². The highest BCUT2D eigenvalue weighted by Gasteiger charge is 1.87. The van der Waals surface area contributed by atoms with E-state index in [2.05, 4.69) is 6.58 Å². The van der Waals surface area contributed by atoms with Crippen LogP contribution in [0.25, 0.3) is 6.20 Å². The van der Waals surface area contributed by atoms with Gasteiger partial charge in [-0.1, -0.05) is 6.58 Å². The molecule has 1 aromatic heterocycles. The van der Waals surface area contributed by atoms with Crippen molar-refractivity contribution in [3.05, 3.63) is 30.5 Å². The highest BCUT2D eigenvalue weighted by molar-refractivity contribution is 5.13. The molecule has 1 aromatic rings. The second-order valence-electron chi connectivity index (χ2n) is 1.40. The van der Waals surface area contributed by atoms with E-state index in [-0.39, 0.29) is 0 Å². The Morgan fingerprint density at radius 1 is 1.75 bits per heavy atom. The second-order valence-corrected chi connectivity index (χ2v) is 1.40. The van der Waals surface area contributed by atoms with Crippen LogP contribution in [0, 0.1) is 5.21 Å². The number of hydrogen-bond acceptors (Lipinski definition) is 1. The lowest BCUT2D eigenvalue weighted by atomic mass is 10.9. The number of rotatable bonds is 1. The van der Waals surface area contributed by atoms with Crippen LogP contribution in [0.3, 0.4) is 0 Å². The van der Waals surface area contributed by atoms with E-state index in [1.54, 1.807) is 17.0 Å². The zero-order chi connectivity index (χ0) is 5.98. The van der Waals surface area contributed by atoms with Crippen molar-refractivity contribution in [3.63, 3.8) is 0 Å². The molecule has 0 amide bonds. The van der Waals surface area contributed by atoms with Crippen molar-refractivity contribution in [1.82, 2.24) is 4.57 Å². The van der Waals surface area contributed by atoms with Crippen LogP contribution in [0.15, 0.2) is 25.3 Å². The van der Waals surface area contributed by atoms with Crippen molar-refractivity contribution < 1.29 is 4.73 Å². The van der Waals surface area contributed by atoms with Crippen LogP contribution in [0.1, 0.15) is 0 Å². The highest BCUT2D eigenvalue weighted by Crippen LogP contribution is 1.79. The topological polar surface area (TPSA) is 31.9 Å². The van der Waals surface area contributed by atoms with E-state index in [4.69, 9.17) is 0 Å². The summed E-state index contributed by atoms with van der Waals surface area (Å²) in [6.45, 7) is 3.46. The SMILES string of the molecule is C=Cn1cc[n+]([O-])c1. The van der Waals surface area contributed by atoms with Gasteiger partial charge >= 0.3 is 0 Å². The van der Waals surface area contributed by atoms with Gasteiger partial charge in [-0.05, 0) is 0 Å². The molecule has 0 bridgehead atoms. The molecular formula is C5H6N2O. The molecular weight excluding hydrogens is 104 g/mol. The van der Waals surface area contributed by atoms with E-state index < -0.39 is 0 Å². The summed E-state index contributed by atoms with van der Waals surface area (Å²) in [5.74, 6) is 0. The van der Waals surface area contributed by atoms with Gasteiger partial charge in [-0.3, -0.25) is 0 Å². The van der Waals surface area contributed by atoms with Gasteiger partial charge in [-0.15, -0.1) is 0 Å². The second kappa shape index (κ2) is 1.69. The normalized spacial score (nSPS) is 9.00. The molecule has 0 spiro atoms. The van der Waals surface area contributed by atoms with E-state index in [1.165, 1.54) is 12.5 Å². The molecule has 0 radical (unpaired) electrons.